The molecule has 0 fully saturated rings. The average Bonchev–Trinajstić information content (AvgIpc) is 3.09. The number of ether oxygens (including phenoxy) is 4. The molecule has 0 spiro atoms. The number of hydrogen-bond acceptors (Lipinski definition) is 6. The number of allylic oxidation sites excluding steroid dienone is 1. The summed E-state index contributed by atoms with van der Waals surface area (Å²) in [6.07, 6.45) is 1.62. The number of methoxy groups -OCH3 is 2. The van der Waals surface area contributed by atoms with Gasteiger partial charge in [-0.1, -0.05) is 18.2 Å². The molecule has 162 valence electrons. The molecule has 6 nitrogen and oxygen atoms in total. The number of hydrogen-bond donors (Lipinski definition) is 0. The molecule has 0 aromatic heterocycles. The van der Waals surface area contributed by atoms with Crippen molar-refractivity contribution in [3.05, 3.63) is 88.2 Å². The van der Waals surface area contributed by atoms with E-state index in [-0.39, 0.29) is 11.5 Å². The summed E-state index contributed by atoms with van der Waals surface area (Å²) in [5.41, 5.74) is 3.08. The summed E-state index contributed by atoms with van der Waals surface area (Å²) in [6, 6.07) is 15.7. The Balaban J connectivity index is 1.63. The molecule has 0 bridgehead atoms. The average molecular weight is 430 g/mol. The molecule has 0 N–H and O–H groups in total. The molecule has 0 saturated heterocycles. The molecule has 1 aliphatic heterocycles. The maximum Gasteiger partial charge on any atom is 0.343 e. The minimum atomic E-state index is -0.467. The van der Waals surface area contributed by atoms with Crippen LogP contribution in [-0.4, -0.2) is 26.0 Å². The van der Waals surface area contributed by atoms with Crippen molar-refractivity contribution in [1.82, 2.24) is 0 Å². The van der Waals surface area contributed by atoms with Crippen LogP contribution >= 0.6 is 0 Å². The topological polar surface area (TPSA) is 71.1 Å². The lowest BCUT2D eigenvalue weighted by molar-refractivity contribution is 0.0733. The molecule has 1 aliphatic rings. The zero-order valence-electron chi connectivity index (χ0n) is 18.2. The second-order valence-electron chi connectivity index (χ2n) is 7.37. The van der Waals surface area contributed by atoms with Crippen LogP contribution in [0.1, 0.15) is 37.4 Å². The quantitative estimate of drug-likeness (QED) is 0.316. The Morgan fingerprint density at radius 2 is 1.69 bits per heavy atom. The van der Waals surface area contributed by atoms with Gasteiger partial charge in [-0.05, 0) is 55.3 Å². The van der Waals surface area contributed by atoms with E-state index >= 15 is 0 Å². The number of benzene rings is 3. The minimum absolute atomic E-state index is 0.161. The zero-order valence-corrected chi connectivity index (χ0v) is 18.2. The van der Waals surface area contributed by atoms with E-state index in [0.29, 0.717) is 45.3 Å². The molecule has 32 heavy (non-hydrogen) atoms. The number of esters is 1. The summed E-state index contributed by atoms with van der Waals surface area (Å²) in [7, 11) is 3.11. The predicted molar refractivity (Wildman–Crippen MR) is 120 cm³/mol. The highest BCUT2D eigenvalue weighted by molar-refractivity contribution is 6.15. The van der Waals surface area contributed by atoms with E-state index in [1.54, 1.807) is 69.7 Å². The van der Waals surface area contributed by atoms with Gasteiger partial charge in [-0.2, -0.15) is 0 Å². The van der Waals surface area contributed by atoms with E-state index in [1.807, 2.05) is 19.1 Å². The number of fused-ring (bicyclic) bond motifs is 1. The summed E-state index contributed by atoms with van der Waals surface area (Å²) in [5, 5.41) is 0. The van der Waals surface area contributed by atoms with Gasteiger partial charge in [0.1, 0.15) is 23.0 Å². The van der Waals surface area contributed by atoms with Crippen LogP contribution in [0.3, 0.4) is 0 Å². The predicted octanol–water partition coefficient (Wildman–Crippen LogP) is 5.16. The SMILES string of the molecule is COc1ccc(/C=C2\Oc3cc(OC(=O)c4ccccc4C)cc(C)c3C2=O)c(OC)c1. The Kier molecular flexibility index (Phi) is 5.69. The smallest absolute Gasteiger partial charge is 0.343 e. The van der Waals surface area contributed by atoms with Gasteiger partial charge in [0.2, 0.25) is 5.78 Å². The van der Waals surface area contributed by atoms with E-state index in [2.05, 4.69) is 0 Å². The first-order valence-corrected chi connectivity index (χ1v) is 10.00. The standard InChI is InChI=1S/C26H22O6/c1-15-7-5-6-8-20(15)26(28)31-19-11-16(2)24-22(14-19)32-23(25(24)27)12-17-9-10-18(29-3)13-21(17)30-4/h5-14H,1-4H3/b23-12-. The Labute approximate surface area is 186 Å². The Morgan fingerprint density at radius 3 is 2.41 bits per heavy atom. The highest BCUT2D eigenvalue weighted by atomic mass is 16.5. The first kappa shape index (κ1) is 21.2. The molecule has 0 atom stereocenters. The van der Waals surface area contributed by atoms with Crippen molar-refractivity contribution >= 4 is 17.8 Å². The second kappa shape index (κ2) is 8.59. The van der Waals surface area contributed by atoms with Crippen molar-refractivity contribution in [1.29, 1.82) is 0 Å². The van der Waals surface area contributed by atoms with Gasteiger partial charge in [0.25, 0.3) is 0 Å². The number of rotatable bonds is 5. The van der Waals surface area contributed by atoms with Crippen LogP contribution in [0.2, 0.25) is 0 Å². The minimum Gasteiger partial charge on any atom is -0.497 e. The third kappa shape index (κ3) is 3.95. The number of aryl methyl sites for hydroxylation is 2. The molecule has 3 aromatic rings. The van der Waals surface area contributed by atoms with E-state index in [1.165, 1.54) is 0 Å². The second-order valence-corrected chi connectivity index (χ2v) is 7.37. The van der Waals surface area contributed by atoms with Gasteiger partial charge in [-0.3, -0.25) is 4.79 Å². The van der Waals surface area contributed by atoms with Crippen LogP contribution in [-0.2, 0) is 0 Å². The first-order chi connectivity index (χ1) is 15.4. The van der Waals surface area contributed by atoms with E-state index in [9.17, 15) is 9.59 Å². The third-order valence-corrected chi connectivity index (χ3v) is 5.25. The van der Waals surface area contributed by atoms with Gasteiger partial charge in [0.05, 0.1) is 25.3 Å². The molecule has 0 saturated carbocycles. The lowest BCUT2D eigenvalue weighted by Gasteiger charge is -2.09. The Morgan fingerprint density at radius 1 is 0.906 bits per heavy atom. The molecule has 3 aromatic carbocycles. The molecular weight excluding hydrogens is 408 g/mol. The summed E-state index contributed by atoms with van der Waals surface area (Å²) in [6.45, 7) is 3.62. The highest BCUT2D eigenvalue weighted by Crippen LogP contribution is 2.38. The highest BCUT2D eigenvalue weighted by Gasteiger charge is 2.30. The van der Waals surface area contributed by atoms with Gasteiger partial charge < -0.3 is 18.9 Å². The number of carbonyl (C=O) groups excluding carboxylic acids is 2. The molecule has 0 unspecified atom stereocenters. The van der Waals surface area contributed by atoms with Crippen molar-refractivity contribution in [2.24, 2.45) is 0 Å². The lowest BCUT2D eigenvalue weighted by Crippen LogP contribution is -2.10. The summed E-state index contributed by atoms with van der Waals surface area (Å²) >= 11 is 0. The summed E-state index contributed by atoms with van der Waals surface area (Å²) in [5.74, 6) is 1.30. The zero-order chi connectivity index (χ0) is 22.8. The fourth-order valence-corrected chi connectivity index (χ4v) is 3.58. The molecule has 0 radical (unpaired) electrons. The van der Waals surface area contributed by atoms with Crippen LogP contribution in [0.15, 0.2) is 60.4 Å². The largest absolute Gasteiger partial charge is 0.497 e. The molecule has 0 amide bonds. The Bertz CT molecular complexity index is 1260. The van der Waals surface area contributed by atoms with Crippen LogP contribution in [0.25, 0.3) is 6.08 Å². The van der Waals surface area contributed by atoms with E-state index in [0.717, 1.165) is 5.56 Å². The fraction of sp³-hybridized carbons (Fsp3) is 0.154. The van der Waals surface area contributed by atoms with Crippen molar-refractivity contribution < 1.29 is 28.5 Å². The molecule has 4 rings (SSSR count). The molecular formula is C26H22O6. The molecule has 6 heteroatoms. The van der Waals surface area contributed by atoms with Crippen LogP contribution in [0.4, 0.5) is 0 Å². The number of ketones is 1. The van der Waals surface area contributed by atoms with Crippen LogP contribution < -0.4 is 18.9 Å². The normalized spacial score (nSPS) is 13.5. The fourth-order valence-electron chi connectivity index (χ4n) is 3.58. The summed E-state index contributed by atoms with van der Waals surface area (Å²) < 4.78 is 22.0. The van der Waals surface area contributed by atoms with Crippen LogP contribution in [0, 0.1) is 13.8 Å². The van der Waals surface area contributed by atoms with Gasteiger partial charge in [-0.25, -0.2) is 4.79 Å². The lowest BCUT2D eigenvalue weighted by atomic mass is 10.0. The molecule has 1 heterocycles. The Hall–Kier alpha value is -4.06. The monoisotopic (exact) mass is 430 g/mol. The van der Waals surface area contributed by atoms with Crippen molar-refractivity contribution in [2.45, 2.75) is 13.8 Å². The summed E-state index contributed by atoms with van der Waals surface area (Å²) in [4.78, 5) is 25.6. The maximum absolute atomic E-state index is 13.0. The first-order valence-electron chi connectivity index (χ1n) is 10.00. The van der Waals surface area contributed by atoms with Gasteiger partial charge in [0.15, 0.2) is 5.76 Å². The van der Waals surface area contributed by atoms with Crippen LogP contribution in [0.5, 0.6) is 23.0 Å². The van der Waals surface area contributed by atoms with E-state index in [4.69, 9.17) is 18.9 Å². The van der Waals surface area contributed by atoms with Gasteiger partial charge >= 0.3 is 5.97 Å². The van der Waals surface area contributed by atoms with Crippen molar-refractivity contribution in [3.63, 3.8) is 0 Å². The molecule has 0 aliphatic carbocycles. The van der Waals surface area contributed by atoms with Gasteiger partial charge in [0, 0.05) is 17.7 Å². The third-order valence-electron chi connectivity index (χ3n) is 5.25. The number of carbonyl (C=O) groups is 2. The maximum atomic E-state index is 13.0. The van der Waals surface area contributed by atoms with Crippen molar-refractivity contribution in [2.75, 3.05) is 14.2 Å². The van der Waals surface area contributed by atoms with E-state index < -0.39 is 5.97 Å². The number of Topliss-reactive ketones (excluding diaryl/α,β-unsaturated/α-hetero) is 1. The van der Waals surface area contributed by atoms with Gasteiger partial charge in [-0.15, -0.1) is 0 Å². The van der Waals surface area contributed by atoms with Crippen molar-refractivity contribution in [3.8, 4) is 23.0 Å².